The van der Waals surface area contributed by atoms with Crippen LogP contribution in [0.3, 0.4) is 0 Å². The van der Waals surface area contributed by atoms with Crippen LogP contribution in [-0.2, 0) is 9.59 Å². The molecule has 0 aliphatic rings. The molecule has 28 heavy (non-hydrogen) atoms. The molecule has 0 aromatic heterocycles. The van der Waals surface area contributed by atoms with Crippen LogP contribution in [-0.4, -0.2) is 11.9 Å². The van der Waals surface area contributed by atoms with Crippen molar-refractivity contribution in [2.75, 3.05) is 0 Å². The second-order valence-electron chi connectivity index (χ2n) is 6.69. The standard InChI is InChI=1S/C22H26Cl2O4/c1-3-5-7-13-17(25)27-21-15-11-9-10-12-16(15)22(20(24)19(21)23)28-18(26)14-8-6-4-2/h9-12H,3-8,13-14H2,1-2H3. The van der Waals surface area contributed by atoms with Crippen LogP contribution < -0.4 is 9.47 Å². The van der Waals surface area contributed by atoms with Gasteiger partial charge in [0.05, 0.1) is 0 Å². The average molecular weight is 425 g/mol. The molecule has 0 fully saturated rings. The number of rotatable bonds is 10. The molecule has 0 radical (unpaired) electrons. The molecule has 0 aliphatic carbocycles. The number of unbranched alkanes of at least 4 members (excludes halogenated alkanes) is 4. The highest BCUT2D eigenvalue weighted by atomic mass is 35.5. The molecular weight excluding hydrogens is 399 g/mol. The summed E-state index contributed by atoms with van der Waals surface area (Å²) in [6, 6.07) is 7.13. The van der Waals surface area contributed by atoms with E-state index in [1.807, 2.05) is 0 Å². The molecule has 0 spiro atoms. The summed E-state index contributed by atoms with van der Waals surface area (Å²) in [6.45, 7) is 4.13. The first-order valence-corrected chi connectivity index (χ1v) is 10.6. The second kappa shape index (κ2) is 11.3. The van der Waals surface area contributed by atoms with Gasteiger partial charge in [0.25, 0.3) is 0 Å². The molecule has 0 atom stereocenters. The smallest absolute Gasteiger partial charge is 0.311 e. The monoisotopic (exact) mass is 424 g/mol. The fourth-order valence-corrected chi connectivity index (χ4v) is 3.34. The maximum absolute atomic E-state index is 12.2. The fraction of sp³-hybridized carbons (Fsp3) is 0.455. The number of ether oxygens (including phenoxy) is 2. The van der Waals surface area contributed by atoms with E-state index in [2.05, 4.69) is 13.8 Å². The van der Waals surface area contributed by atoms with E-state index >= 15 is 0 Å². The van der Waals surface area contributed by atoms with Crippen LogP contribution in [0.15, 0.2) is 24.3 Å². The lowest BCUT2D eigenvalue weighted by Gasteiger charge is -2.16. The molecule has 0 saturated heterocycles. The molecule has 0 heterocycles. The van der Waals surface area contributed by atoms with Gasteiger partial charge in [0.1, 0.15) is 10.0 Å². The van der Waals surface area contributed by atoms with Crippen molar-refractivity contribution in [1.82, 2.24) is 0 Å². The summed E-state index contributed by atoms with van der Waals surface area (Å²) < 4.78 is 11.1. The highest BCUT2D eigenvalue weighted by Gasteiger charge is 2.22. The molecule has 0 aliphatic heterocycles. The SMILES string of the molecule is CCCCCC(=O)Oc1c(Cl)c(Cl)c(OC(=O)CCCCC)c2ccccc12. The van der Waals surface area contributed by atoms with E-state index in [0.717, 1.165) is 38.5 Å². The average Bonchev–Trinajstić information content (AvgIpc) is 2.69. The molecule has 4 nitrogen and oxygen atoms in total. The molecule has 2 aromatic rings. The predicted molar refractivity (Wildman–Crippen MR) is 114 cm³/mol. The summed E-state index contributed by atoms with van der Waals surface area (Å²) in [5.74, 6) is -0.314. The Bertz CT molecular complexity index is 764. The van der Waals surface area contributed by atoms with Gasteiger partial charge in [-0.25, -0.2) is 0 Å². The molecule has 0 unspecified atom stereocenters. The third-order valence-electron chi connectivity index (χ3n) is 4.41. The Balaban J connectivity index is 2.32. The van der Waals surface area contributed by atoms with Crippen LogP contribution in [0.4, 0.5) is 0 Å². The van der Waals surface area contributed by atoms with Crippen LogP contribution in [0.25, 0.3) is 10.8 Å². The first-order valence-electron chi connectivity index (χ1n) is 9.80. The molecule has 0 N–H and O–H groups in total. The van der Waals surface area contributed by atoms with E-state index in [4.69, 9.17) is 32.7 Å². The number of halogens is 2. The molecule has 2 aromatic carbocycles. The summed E-state index contributed by atoms with van der Waals surface area (Å²) in [5, 5.41) is 1.30. The van der Waals surface area contributed by atoms with Gasteiger partial charge >= 0.3 is 11.9 Å². The third kappa shape index (κ3) is 5.86. The number of fused-ring (bicyclic) bond motifs is 1. The summed E-state index contributed by atoms with van der Waals surface area (Å²) in [6.07, 6.45) is 6.07. The minimum Gasteiger partial charge on any atom is -0.424 e. The molecule has 0 saturated carbocycles. The number of hydrogen-bond acceptors (Lipinski definition) is 4. The van der Waals surface area contributed by atoms with Crippen molar-refractivity contribution in [2.45, 2.75) is 65.2 Å². The minimum absolute atomic E-state index is 0.0700. The minimum atomic E-state index is -0.360. The third-order valence-corrected chi connectivity index (χ3v) is 5.23. The van der Waals surface area contributed by atoms with Gasteiger partial charge in [0.2, 0.25) is 0 Å². The second-order valence-corrected chi connectivity index (χ2v) is 7.45. The summed E-state index contributed by atoms with van der Waals surface area (Å²) in [5.41, 5.74) is 0. The van der Waals surface area contributed by atoms with Gasteiger partial charge < -0.3 is 9.47 Å². The van der Waals surface area contributed by atoms with Crippen LogP contribution in [0.5, 0.6) is 11.5 Å². The van der Waals surface area contributed by atoms with Crippen LogP contribution in [0.1, 0.15) is 65.2 Å². The number of hydrogen-bond donors (Lipinski definition) is 0. The molecule has 152 valence electrons. The van der Waals surface area contributed by atoms with Crippen molar-refractivity contribution in [3.63, 3.8) is 0 Å². The van der Waals surface area contributed by atoms with E-state index < -0.39 is 0 Å². The Morgan fingerprint density at radius 1 is 0.750 bits per heavy atom. The number of carbonyl (C=O) groups excluding carboxylic acids is 2. The van der Waals surface area contributed by atoms with Crippen molar-refractivity contribution in [3.8, 4) is 11.5 Å². The van der Waals surface area contributed by atoms with E-state index in [1.165, 1.54) is 0 Å². The van der Waals surface area contributed by atoms with Gasteiger partial charge in [-0.3, -0.25) is 9.59 Å². The van der Waals surface area contributed by atoms with Crippen LogP contribution >= 0.6 is 23.2 Å². The molecule has 6 heteroatoms. The fourth-order valence-electron chi connectivity index (χ4n) is 2.88. The molecular formula is C22H26Cl2O4. The van der Waals surface area contributed by atoms with Gasteiger partial charge in [-0.1, -0.05) is 87.0 Å². The van der Waals surface area contributed by atoms with Crippen LogP contribution in [0.2, 0.25) is 10.0 Å². The van der Waals surface area contributed by atoms with E-state index in [-0.39, 0.29) is 33.5 Å². The zero-order valence-corrected chi connectivity index (χ0v) is 17.9. The normalized spacial score (nSPS) is 10.9. The van der Waals surface area contributed by atoms with Crippen molar-refractivity contribution < 1.29 is 19.1 Å². The zero-order valence-electron chi connectivity index (χ0n) is 16.4. The zero-order chi connectivity index (χ0) is 20.5. The van der Waals surface area contributed by atoms with Crippen LogP contribution in [0, 0.1) is 0 Å². The van der Waals surface area contributed by atoms with E-state index in [0.29, 0.717) is 23.6 Å². The first kappa shape index (κ1) is 22.5. The largest absolute Gasteiger partial charge is 0.424 e. The van der Waals surface area contributed by atoms with Crippen molar-refractivity contribution >= 4 is 45.9 Å². The summed E-state index contributed by atoms with van der Waals surface area (Å²) >= 11 is 12.8. The Morgan fingerprint density at radius 2 is 1.14 bits per heavy atom. The lowest BCUT2D eigenvalue weighted by atomic mass is 10.1. The van der Waals surface area contributed by atoms with Gasteiger partial charge in [-0.15, -0.1) is 0 Å². The van der Waals surface area contributed by atoms with Gasteiger partial charge in [0, 0.05) is 23.6 Å². The lowest BCUT2D eigenvalue weighted by molar-refractivity contribution is -0.135. The summed E-state index contributed by atoms with van der Waals surface area (Å²) in [4.78, 5) is 24.4. The van der Waals surface area contributed by atoms with Crippen molar-refractivity contribution in [1.29, 1.82) is 0 Å². The first-order chi connectivity index (χ1) is 13.5. The Labute approximate surface area is 176 Å². The maximum atomic E-state index is 12.2. The molecule has 0 amide bonds. The number of carbonyl (C=O) groups is 2. The Hall–Kier alpha value is -1.78. The van der Waals surface area contributed by atoms with Gasteiger partial charge in [0.15, 0.2) is 11.5 Å². The number of benzene rings is 2. The Kier molecular flexibility index (Phi) is 9.07. The topological polar surface area (TPSA) is 52.6 Å². The Morgan fingerprint density at radius 3 is 1.50 bits per heavy atom. The predicted octanol–water partition coefficient (Wildman–Crippen LogP) is 7.12. The van der Waals surface area contributed by atoms with Crippen molar-refractivity contribution in [3.05, 3.63) is 34.3 Å². The quantitative estimate of drug-likeness (QED) is 0.231. The van der Waals surface area contributed by atoms with Gasteiger partial charge in [-0.2, -0.15) is 0 Å². The van der Waals surface area contributed by atoms with Crippen molar-refractivity contribution in [2.24, 2.45) is 0 Å². The van der Waals surface area contributed by atoms with Gasteiger partial charge in [-0.05, 0) is 12.8 Å². The molecule has 2 rings (SSSR count). The molecule has 0 bridgehead atoms. The van der Waals surface area contributed by atoms with E-state index in [1.54, 1.807) is 24.3 Å². The highest BCUT2D eigenvalue weighted by Crippen LogP contribution is 2.46. The van der Waals surface area contributed by atoms with E-state index in [9.17, 15) is 9.59 Å². The maximum Gasteiger partial charge on any atom is 0.311 e. The lowest BCUT2D eigenvalue weighted by Crippen LogP contribution is -2.11. The summed E-state index contributed by atoms with van der Waals surface area (Å²) in [7, 11) is 0. The highest BCUT2D eigenvalue weighted by molar-refractivity contribution is 6.45. The number of esters is 2.